The van der Waals surface area contributed by atoms with Gasteiger partial charge in [0.1, 0.15) is 5.82 Å². The highest BCUT2D eigenvalue weighted by molar-refractivity contribution is 5.43. The second kappa shape index (κ2) is 6.55. The van der Waals surface area contributed by atoms with Gasteiger partial charge in [0, 0.05) is 32.4 Å². The van der Waals surface area contributed by atoms with Crippen molar-refractivity contribution < 1.29 is 4.74 Å². The normalized spacial score (nSPS) is 24.7. The standard InChI is InChI=1S/C16H27N3O/c1-5-17-13(2)14-7-9-18-15(11-14)19-10-6-8-16(3,12-19)20-4/h7,9,11,13,17H,5-6,8,10,12H2,1-4H3. The number of hydrogen-bond acceptors (Lipinski definition) is 4. The Labute approximate surface area is 122 Å². The van der Waals surface area contributed by atoms with Crippen molar-refractivity contribution in [2.75, 3.05) is 31.6 Å². The minimum Gasteiger partial charge on any atom is -0.377 e. The summed E-state index contributed by atoms with van der Waals surface area (Å²) in [5.41, 5.74) is 1.24. The summed E-state index contributed by atoms with van der Waals surface area (Å²) in [5, 5.41) is 3.45. The van der Waals surface area contributed by atoms with Gasteiger partial charge in [-0.2, -0.15) is 0 Å². The predicted octanol–water partition coefficient (Wildman–Crippen LogP) is 2.76. The highest BCUT2D eigenvalue weighted by Crippen LogP contribution is 2.28. The van der Waals surface area contributed by atoms with E-state index in [2.05, 4.69) is 48.1 Å². The summed E-state index contributed by atoms with van der Waals surface area (Å²) in [6.07, 6.45) is 4.18. The maximum atomic E-state index is 5.66. The van der Waals surface area contributed by atoms with Crippen LogP contribution >= 0.6 is 0 Å². The van der Waals surface area contributed by atoms with Crippen LogP contribution in [0.2, 0.25) is 0 Å². The molecule has 1 fully saturated rings. The smallest absolute Gasteiger partial charge is 0.128 e. The molecule has 1 saturated heterocycles. The Kier molecular flexibility index (Phi) is 5.00. The first-order valence-corrected chi connectivity index (χ1v) is 7.57. The molecule has 20 heavy (non-hydrogen) atoms. The van der Waals surface area contributed by atoms with E-state index in [1.54, 1.807) is 7.11 Å². The van der Waals surface area contributed by atoms with Crippen molar-refractivity contribution in [1.82, 2.24) is 10.3 Å². The Balaban J connectivity index is 2.14. The van der Waals surface area contributed by atoms with E-state index >= 15 is 0 Å². The van der Waals surface area contributed by atoms with E-state index < -0.39 is 0 Å². The fraction of sp³-hybridized carbons (Fsp3) is 0.688. The fourth-order valence-electron chi connectivity index (χ4n) is 2.87. The molecule has 0 aromatic carbocycles. The summed E-state index contributed by atoms with van der Waals surface area (Å²) in [6.45, 7) is 9.46. The second-order valence-corrected chi connectivity index (χ2v) is 5.91. The number of hydrogen-bond donors (Lipinski definition) is 1. The number of methoxy groups -OCH3 is 1. The Hall–Kier alpha value is -1.13. The number of piperidine rings is 1. The largest absolute Gasteiger partial charge is 0.377 e. The van der Waals surface area contributed by atoms with Crippen LogP contribution in [-0.4, -0.2) is 37.3 Å². The van der Waals surface area contributed by atoms with Crippen molar-refractivity contribution in [1.29, 1.82) is 0 Å². The maximum Gasteiger partial charge on any atom is 0.128 e. The van der Waals surface area contributed by atoms with Crippen molar-refractivity contribution in [2.24, 2.45) is 0 Å². The average molecular weight is 277 g/mol. The van der Waals surface area contributed by atoms with Gasteiger partial charge in [-0.1, -0.05) is 6.92 Å². The van der Waals surface area contributed by atoms with Gasteiger partial charge in [0.2, 0.25) is 0 Å². The van der Waals surface area contributed by atoms with E-state index in [9.17, 15) is 0 Å². The summed E-state index contributed by atoms with van der Waals surface area (Å²) in [5.74, 6) is 1.07. The summed E-state index contributed by atoms with van der Waals surface area (Å²) >= 11 is 0. The molecule has 1 aliphatic rings. The van der Waals surface area contributed by atoms with Gasteiger partial charge in [0.25, 0.3) is 0 Å². The van der Waals surface area contributed by atoms with Gasteiger partial charge in [0.05, 0.1) is 5.60 Å². The van der Waals surface area contributed by atoms with Crippen molar-refractivity contribution in [2.45, 2.75) is 45.3 Å². The third-order valence-electron chi connectivity index (χ3n) is 4.26. The van der Waals surface area contributed by atoms with Crippen molar-refractivity contribution in [3.05, 3.63) is 23.9 Å². The molecule has 4 heteroatoms. The SMILES string of the molecule is CCNC(C)c1ccnc(N2CCCC(C)(OC)C2)c1. The number of ether oxygens (including phenoxy) is 1. The van der Waals surface area contributed by atoms with Crippen LogP contribution in [0, 0.1) is 0 Å². The molecule has 0 bridgehead atoms. The van der Waals surface area contributed by atoms with Gasteiger partial charge in [-0.05, 0) is 50.9 Å². The van der Waals surface area contributed by atoms with Crippen LogP contribution in [0.5, 0.6) is 0 Å². The number of nitrogens with zero attached hydrogens (tertiary/aromatic N) is 2. The van der Waals surface area contributed by atoms with Crippen molar-refractivity contribution >= 4 is 5.82 Å². The Bertz CT molecular complexity index is 437. The van der Waals surface area contributed by atoms with Crippen LogP contribution in [0.1, 0.15) is 45.2 Å². The number of nitrogens with one attached hydrogen (secondary N) is 1. The van der Waals surface area contributed by atoms with Crippen LogP contribution in [0.4, 0.5) is 5.82 Å². The first-order valence-electron chi connectivity index (χ1n) is 7.57. The fourth-order valence-corrected chi connectivity index (χ4v) is 2.87. The average Bonchev–Trinajstić information content (AvgIpc) is 2.48. The van der Waals surface area contributed by atoms with Gasteiger partial charge in [-0.25, -0.2) is 4.98 Å². The number of anilines is 1. The van der Waals surface area contributed by atoms with Gasteiger partial charge in [-0.3, -0.25) is 0 Å². The topological polar surface area (TPSA) is 37.4 Å². The van der Waals surface area contributed by atoms with Gasteiger partial charge >= 0.3 is 0 Å². The minimum atomic E-state index is -0.0524. The number of pyridine rings is 1. The zero-order valence-corrected chi connectivity index (χ0v) is 13.1. The third-order valence-corrected chi connectivity index (χ3v) is 4.26. The molecule has 0 saturated carbocycles. The molecule has 1 aliphatic heterocycles. The Morgan fingerprint density at radius 1 is 1.55 bits per heavy atom. The highest BCUT2D eigenvalue weighted by Gasteiger charge is 2.31. The van der Waals surface area contributed by atoms with E-state index in [-0.39, 0.29) is 5.60 Å². The van der Waals surface area contributed by atoms with Crippen molar-refractivity contribution in [3.8, 4) is 0 Å². The van der Waals surface area contributed by atoms with Crippen LogP contribution in [0.25, 0.3) is 0 Å². The lowest BCUT2D eigenvalue weighted by Gasteiger charge is -2.40. The lowest BCUT2D eigenvalue weighted by Crippen LogP contribution is -2.47. The highest BCUT2D eigenvalue weighted by atomic mass is 16.5. The molecular weight excluding hydrogens is 250 g/mol. The maximum absolute atomic E-state index is 5.66. The monoisotopic (exact) mass is 277 g/mol. The molecule has 4 nitrogen and oxygen atoms in total. The van der Waals surface area contributed by atoms with Crippen LogP contribution < -0.4 is 10.2 Å². The molecule has 2 unspecified atom stereocenters. The zero-order valence-electron chi connectivity index (χ0n) is 13.1. The molecule has 2 atom stereocenters. The van der Waals surface area contributed by atoms with Crippen LogP contribution in [0.3, 0.4) is 0 Å². The number of aromatic nitrogens is 1. The van der Waals surface area contributed by atoms with E-state index in [4.69, 9.17) is 4.74 Å². The molecule has 0 radical (unpaired) electrons. The lowest BCUT2D eigenvalue weighted by molar-refractivity contribution is -0.00481. The van der Waals surface area contributed by atoms with E-state index in [0.29, 0.717) is 6.04 Å². The molecule has 1 aromatic heterocycles. The van der Waals surface area contributed by atoms with Gasteiger partial charge in [0.15, 0.2) is 0 Å². The number of rotatable bonds is 5. The van der Waals surface area contributed by atoms with Crippen LogP contribution in [-0.2, 0) is 4.74 Å². The summed E-state index contributed by atoms with van der Waals surface area (Å²) in [4.78, 5) is 6.89. The molecule has 0 spiro atoms. The molecule has 112 valence electrons. The molecule has 1 N–H and O–H groups in total. The first kappa shape index (κ1) is 15.3. The molecule has 1 aromatic rings. The molecule has 2 rings (SSSR count). The predicted molar refractivity (Wildman–Crippen MR) is 83.2 cm³/mol. The second-order valence-electron chi connectivity index (χ2n) is 5.91. The molecular formula is C16H27N3O. The van der Waals surface area contributed by atoms with Gasteiger partial charge < -0.3 is 15.0 Å². The van der Waals surface area contributed by atoms with E-state index in [1.807, 2.05) is 6.20 Å². The summed E-state index contributed by atoms with van der Waals surface area (Å²) in [6, 6.07) is 4.66. The Morgan fingerprint density at radius 2 is 2.35 bits per heavy atom. The Morgan fingerprint density at radius 3 is 3.05 bits per heavy atom. The summed E-state index contributed by atoms with van der Waals surface area (Å²) in [7, 11) is 1.81. The lowest BCUT2D eigenvalue weighted by atomic mass is 9.94. The van der Waals surface area contributed by atoms with Crippen LogP contribution in [0.15, 0.2) is 18.3 Å². The molecule has 0 aliphatic carbocycles. The minimum absolute atomic E-state index is 0.0524. The van der Waals surface area contributed by atoms with E-state index in [1.165, 1.54) is 5.56 Å². The zero-order chi connectivity index (χ0) is 14.6. The van der Waals surface area contributed by atoms with E-state index in [0.717, 1.165) is 38.3 Å². The first-order chi connectivity index (χ1) is 9.58. The quantitative estimate of drug-likeness (QED) is 0.898. The third kappa shape index (κ3) is 3.49. The molecule has 2 heterocycles. The molecule has 0 amide bonds. The van der Waals surface area contributed by atoms with Gasteiger partial charge in [-0.15, -0.1) is 0 Å². The summed E-state index contributed by atoms with van der Waals surface area (Å²) < 4.78 is 5.66. The van der Waals surface area contributed by atoms with Crippen molar-refractivity contribution in [3.63, 3.8) is 0 Å².